The highest BCUT2D eigenvalue weighted by Gasteiger charge is 2.42. The largest absolute Gasteiger partial charge is 0.403 e. The molecule has 6 aromatic rings. The molecular weight excluding hydrogens is 564 g/mol. The highest BCUT2D eigenvalue weighted by Crippen LogP contribution is 2.35. The molecule has 0 atom stereocenters. The maximum absolute atomic E-state index is 13.4. The van der Waals surface area contributed by atoms with Crippen LogP contribution in [0.15, 0.2) is 106 Å². The van der Waals surface area contributed by atoms with Crippen molar-refractivity contribution in [2.45, 2.75) is 0 Å². The van der Waals surface area contributed by atoms with Gasteiger partial charge in [0.2, 0.25) is 11.8 Å². The van der Waals surface area contributed by atoms with Gasteiger partial charge in [0.05, 0.1) is 22.3 Å². The number of carbonyl (C=O) groups is 4. The molecule has 2 aliphatic heterocycles. The van der Waals surface area contributed by atoms with Gasteiger partial charge in [-0.2, -0.15) is 9.80 Å². The summed E-state index contributed by atoms with van der Waals surface area (Å²) < 4.78 is 11.3. The molecule has 0 aliphatic carbocycles. The number of benzene rings is 4. The Balaban J connectivity index is 1.08. The van der Waals surface area contributed by atoms with E-state index in [0.717, 1.165) is 9.80 Å². The predicted octanol–water partition coefficient (Wildman–Crippen LogP) is 5.05. The second-order valence-corrected chi connectivity index (χ2v) is 9.92. The molecule has 2 aromatic heterocycles. The molecule has 0 radical (unpaired) electrons. The molecule has 12 nitrogen and oxygen atoms in total. The Morgan fingerprint density at radius 2 is 0.795 bits per heavy atom. The molecule has 0 bridgehead atoms. The summed E-state index contributed by atoms with van der Waals surface area (Å²) in [5, 5.41) is 15.8. The zero-order valence-electron chi connectivity index (χ0n) is 22.4. The standard InChI is InChI=1S/C32H16N6O6/c39-27-21-13-11-19(15-23(21)29(41)37(27)31-35-33-25(43-31)17-7-3-1-4-8-17)20-12-14-22-24(16-20)30(42)38(28(22)40)32-36-34-26(44-32)18-9-5-2-6-10-18/h1-16H. The number of imide groups is 2. The Morgan fingerprint density at radius 3 is 1.20 bits per heavy atom. The van der Waals surface area contributed by atoms with E-state index in [2.05, 4.69) is 20.4 Å². The van der Waals surface area contributed by atoms with Gasteiger partial charge >= 0.3 is 12.0 Å². The first-order valence-electron chi connectivity index (χ1n) is 13.3. The molecule has 0 unspecified atom stereocenters. The number of fused-ring (bicyclic) bond motifs is 2. The van der Waals surface area contributed by atoms with Gasteiger partial charge in [0, 0.05) is 11.1 Å². The predicted molar refractivity (Wildman–Crippen MR) is 154 cm³/mol. The Bertz CT molecular complexity index is 2020. The fraction of sp³-hybridized carbons (Fsp3) is 0. The van der Waals surface area contributed by atoms with E-state index in [1.165, 1.54) is 12.1 Å². The Hall–Kier alpha value is -6.56. The number of hydrogen-bond acceptors (Lipinski definition) is 10. The van der Waals surface area contributed by atoms with Crippen LogP contribution in [0.1, 0.15) is 41.4 Å². The molecule has 0 fully saturated rings. The van der Waals surface area contributed by atoms with Crippen LogP contribution >= 0.6 is 0 Å². The third kappa shape index (κ3) is 3.78. The van der Waals surface area contributed by atoms with Crippen molar-refractivity contribution in [2.75, 3.05) is 9.80 Å². The summed E-state index contributed by atoms with van der Waals surface area (Å²) >= 11 is 0. The molecule has 4 aromatic carbocycles. The molecule has 44 heavy (non-hydrogen) atoms. The van der Waals surface area contributed by atoms with Crippen molar-refractivity contribution in [2.24, 2.45) is 0 Å². The lowest BCUT2D eigenvalue weighted by Gasteiger charge is -2.07. The van der Waals surface area contributed by atoms with Crippen LogP contribution in [0, 0.1) is 0 Å². The van der Waals surface area contributed by atoms with Gasteiger partial charge in [-0.25, -0.2) is 0 Å². The SMILES string of the molecule is O=C1c2ccc(-c3ccc4c(c3)C(=O)N(c3nnc(-c5ccccc5)o3)C4=O)cc2C(=O)N1c1nnc(-c2ccccc2)o1. The second-order valence-electron chi connectivity index (χ2n) is 9.92. The zero-order valence-corrected chi connectivity index (χ0v) is 22.4. The molecule has 0 saturated heterocycles. The molecular formula is C32H16N6O6. The van der Waals surface area contributed by atoms with Crippen LogP contribution in [-0.4, -0.2) is 44.0 Å². The summed E-state index contributed by atoms with van der Waals surface area (Å²) in [6, 6.07) is 26.9. The van der Waals surface area contributed by atoms with E-state index in [1.807, 2.05) is 12.1 Å². The highest BCUT2D eigenvalue weighted by atomic mass is 16.4. The number of carbonyl (C=O) groups excluding carboxylic acids is 4. The van der Waals surface area contributed by atoms with Crippen molar-refractivity contribution < 1.29 is 28.0 Å². The van der Waals surface area contributed by atoms with E-state index < -0.39 is 23.6 Å². The fourth-order valence-corrected chi connectivity index (χ4v) is 5.19. The quantitative estimate of drug-likeness (QED) is 0.253. The third-order valence-electron chi connectivity index (χ3n) is 7.36. The van der Waals surface area contributed by atoms with Crippen LogP contribution in [0.5, 0.6) is 0 Å². The van der Waals surface area contributed by atoms with Crippen molar-refractivity contribution in [3.63, 3.8) is 0 Å². The molecule has 2 aliphatic rings. The van der Waals surface area contributed by atoms with Gasteiger partial charge in [-0.1, -0.05) is 58.7 Å². The first-order chi connectivity index (χ1) is 21.5. The van der Waals surface area contributed by atoms with Crippen molar-refractivity contribution in [1.82, 2.24) is 20.4 Å². The fourth-order valence-electron chi connectivity index (χ4n) is 5.19. The normalized spacial score (nSPS) is 14.0. The molecule has 8 rings (SSSR count). The molecule has 0 spiro atoms. The van der Waals surface area contributed by atoms with E-state index in [9.17, 15) is 19.2 Å². The summed E-state index contributed by atoms with van der Waals surface area (Å²) in [5.41, 5.74) is 2.99. The average Bonchev–Trinajstić information content (AvgIpc) is 3.84. The lowest BCUT2D eigenvalue weighted by atomic mass is 9.97. The Morgan fingerprint density at radius 1 is 0.409 bits per heavy atom. The summed E-state index contributed by atoms with van der Waals surface area (Å²) in [7, 11) is 0. The van der Waals surface area contributed by atoms with Crippen LogP contribution in [0.25, 0.3) is 34.0 Å². The van der Waals surface area contributed by atoms with E-state index in [1.54, 1.807) is 72.8 Å². The lowest BCUT2D eigenvalue weighted by molar-refractivity contribution is 0.0902. The third-order valence-corrected chi connectivity index (χ3v) is 7.36. The van der Waals surface area contributed by atoms with Gasteiger partial charge < -0.3 is 8.83 Å². The summed E-state index contributed by atoms with van der Waals surface area (Å²) in [4.78, 5) is 54.8. The molecule has 4 heterocycles. The minimum atomic E-state index is -0.626. The molecule has 0 N–H and O–H groups in total. The minimum absolute atomic E-state index is 0.135. The topological polar surface area (TPSA) is 153 Å². The maximum atomic E-state index is 13.4. The maximum Gasteiger partial charge on any atom is 0.332 e. The Kier molecular flexibility index (Phi) is 5.43. The lowest BCUT2D eigenvalue weighted by Crippen LogP contribution is -2.29. The Labute approximate surface area is 247 Å². The van der Waals surface area contributed by atoms with Crippen molar-refractivity contribution >= 4 is 35.7 Å². The van der Waals surface area contributed by atoms with Crippen molar-refractivity contribution in [3.05, 3.63) is 119 Å². The van der Waals surface area contributed by atoms with E-state index in [4.69, 9.17) is 8.83 Å². The number of amides is 4. The van der Waals surface area contributed by atoms with E-state index >= 15 is 0 Å². The molecule has 210 valence electrons. The van der Waals surface area contributed by atoms with Gasteiger partial charge in [0.25, 0.3) is 23.6 Å². The smallest absolute Gasteiger partial charge is 0.332 e. The van der Waals surface area contributed by atoms with Gasteiger partial charge in [-0.15, -0.1) is 10.2 Å². The van der Waals surface area contributed by atoms with Crippen molar-refractivity contribution in [3.8, 4) is 34.0 Å². The van der Waals surface area contributed by atoms with Crippen LogP contribution in [0.3, 0.4) is 0 Å². The van der Waals surface area contributed by atoms with Crippen LogP contribution in [-0.2, 0) is 0 Å². The number of anilines is 2. The average molecular weight is 581 g/mol. The van der Waals surface area contributed by atoms with Crippen LogP contribution in [0.4, 0.5) is 12.0 Å². The number of rotatable bonds is 5. The zero-order chi connectivity index (χ0) is 29.9. The molecule has 0 saturated carbocycles. The first-order valence-corrected chi connectivity index (χ1v) is 13.3. The monoisotopic (exact) mass is 580 g/mol. The number of aromatic nitrogens is 4. The van der Waals surface area contributed by atoms with Crippen LogP contribution < -0.4 is 9.80 Å². The van der Waals surface area contributed by atoms with Crippen LogP contribution in [0.2, 0.25) is 0 Å². The second kappa shape index (κ2) is 9.49. The summed E-state index contributed by atoms with van der Waals surface area (Å²) in [6.07, 6.45) is 0. The van der Waals surface area contributed by atoms with Gasteiger partial charge in [0.1, 0.15) is 0 Å². The number of nitrogens with zero attached hydrogens (tertiary/aromatic N) is 6. The van der Waals surface area contributed by atoms with Gasteiger partial charge in [-0.3, -0.25) is 19.2 Å². The van der Waals surface area contributed by atoms with Crippen molar-refractivity contribution in [1.29, 1.82) is 0 Å². The minimum Gasteiger partial charge on any atom is -0.403 e. The van der Waals surface area contributed by atoms with Gasteiger partial charge in [0.15, 0.2) is 0 Å². The summed E-state index contributed by atoms with van der Waals surface area (Å²) in [5.74, 6) is -2.11. The molecule has 12 heteroatoms. The van der Waals surface area contributed by atoms with Gasteiger partial charge in [-0.05, 0) is 59.7 Å². The highest BCUT2D eigenvalue weighted by molar-refractivity contribution is 6.35. The first kappa shape index (κ1) is 25.2. The van der Waals surface area contributed by atoms with E-state index in [0.29, 0.717) is 22.3 Å². The molecule has 4 amide bonds. The van der Waals surface area contributed by atoms with E-state index in [-0.39, 0.29) is 46.1 Å². The number of hydrogen-bond donors (Lipinski definition) is 0. The summed E-state index contributed by atoms with van der Waals surface area (Å²) in [6.45, 7) is 0.